The Morgan fingerprint density at radius 1 is 0.900 bits per heavy atom. The van der Waals surface area contributed by atoms with Gasteiger partial charge in [-0.1, -0.05) is 0 Å². The molecule has 0 fully saturated rings. The van der Waals surface area contributed by atoms with E-state index in [0.717, 1.165) is 0 Å². The molecule has 2 rings (SSSR count). The number of carboxylic acids is 1. The molecule has 2 N–H and O–H groups in total. The van der Waals surface area contributed by atoms with Gasteiger partial charge >= 0.3 is 5.97 Å². The number of hydrogen-bond acceptors (Lipinski definition) is 4. The van der Waals surface area contributed by atoms with Gasteiger partial charge in [-0.25, -0.2) is 4.79 Å². The largest absolute Gasteiger partial charge is 0.508 e. The zero-order chi connectivity index (χ0) is 14.5. The number of carboxylic acid groups (broad SMARTS) is 1. The first-order valence-corrected chi connectivity index (χ1v) is 5.84. The molecule has 0 radical (unpaired) electrons. The molecule has 0 aliphatic carbocycles. The molecule has 0 unspecified atom stereocenters. The number of aliphatic carboxylic acids is 1. The second kappa shape index (κ2) is 5.88. The van der Waals surface area contributed by atoms with Crippen LogP contribution in [0.2, 0.25) is 0 Å². The van der Waals surface area contributed by atoms with Crippen LogP contribution < -0.4 is 4.74 Å². The van der Waals surface area contributed by atoms with Gasteiger partial charge in [-0.3, -0.25) is 4.79 Å². The van der Waals surface area contributed by atoms with Crippen molar-refractivity contribution in [3.8, 4) is 11.5 Å². The van der Waals surface area contributed by atoms with Crippen LogP contribution in [0.15, 0.2) is 48.5 Å². The molecule has 0 heterocycles. The van der Waals surface area contributed by atoms with E-state index < -0.39 is 12.6 Å². The molecule has 0 saturated carbocycles. The molecule has 0 aliphatic rings. The minimum Gasteiger partial charge on any atom is -0.508 e. The monoisotopic (exact) mass is 272 g/mol. The maximum absolute atomic E-state index is 12.1. The third kappa shape index (κ3) is 3.35. The first kappa shape index (κ1) is 13.6. The third-order valence-electron chi connectivity index (χ3n) is 2.61. The van der Waals surface area contributed by atoms with Crippen molar-refractivity contribution in [2.45, 2.75) is 0 Å². The van der Waals surface area contributed by atoms with E-state index in [1.165, 1.54) is 36.4 Å². The predicted octanol–water partition coefficient (Wildman–Crippen LogP) is 2.09. The van der Waals surface area contributed by atoms with Crippen LogP contribution >= 0.6 is 0 Å². The number of phenolic OH excluding ortho intramolecular Hbond substituents is 1. The average molecular weight is 272 g/mol. The zero-order valence-corrected chi connectivity index (χ0v) is 10.4. The predicted molar refractivity (Wildman–Crippen MR) is 71.1 cm³/mol. The van der Waals surface area contributed by atoms with Crippen molar-refractivity contribution in [2.24, 2.45) is 0 Å². The van der Waals surface area contributed by atoms with Gasteiger partial charge in [0.15, 0.2) is 12.4 Å². The highest BCUT2D eigenvalue weighted by molar-refractivity contribution is 6.09. The molecular formula is C15H12O5. The number of ether oxygens (including phenoxy) is 1. The molecular weight excluding hydrogens is 260 g/mol. The summed E-state index contributed by atoms with van der Waals surface area (Å²) in [5.41, 5.74) is 0.917. The highest BCUT2D eigenvalue weighted by Crippen LogP contribution is 2.17. The molecule has 0 bridgehead atoms. The van der Waals surface area contributed by atoms with E-state index in [-0.39, 0.29) is 11.5 Å². The van der Waals surface area contributed by atoms with Gasteiger partial charge in [0.25, 0.3) is 0 Å². The molecule has 20 heavy (non-hydrogen) atoms. The third-order valence-corrected chi connectivity index (χ3v) is 2.61. The van der Waals surface area contributed by atoms with Gasteiger partial charge < -0.3 is 14.9 Å². The zero-order valence-electron chi connectivity index (χ0n) is 10.4. The van der Waals surface area contributed by atoms with Crippen molar-refractivity contribution in [3.05, 3.63) is 59.7 Å². The number of aromatic hydroxyl groups is 1. The number of carbonyl (C=O) groups excluding carboxylic acids is 1. The quantitative estimate of drug-likeness (QED) is 0.814. The number of ketones is 1. The fourth-order valence-corrected chi connectivity index (χ4v) is 1.63. The second-order valence-corrected chi connectivity index (χ2v) is 4.08. The molecule has 0 atom stereocenters. The van der Waals surface area contributed by atoms with E-state index in [4.69, 9.17) is 9.84 Å². The van der Waals surface area contributed by atoms with Gasteiger partial charge in [-0.15, -0.1) is 0 Å². The van der Waals surface area contributed by atoms with Gasteiger partial charge in [0, 0.05) is 11.1 Å². The van der Waals surface area contributed by atoms with Crippen molar-refractivity contribution < 1.29 is 24.5 Å². The van der Waals surface area contributed by atoms with Gasteiger partial charge in [0.2, 0.25) is 0 Å². The second-order valence-electron chi connectivity index (χ2n) is 4.08. The lowest BCUT2D eigenvalue weighted by Gasteiger charge is -2.05. The molecule has 0 amide bonds. The highest BCUT2D eigenvalue weighted by Gasteiger charge is 2.09. The maximum Gasteiger partial charge on any atom is 0.341 e. The Bertz CT molecular complexity index is 614. The Kier molecular flexibility index (Phi) is 4.00. The first-order chi connectivity index (χ1) is 9.56. The Morgan fingerprint density at radius 2 is 1.40 bits per heavy atom. The van der Waals surface area contributed by atoms with Gasteiger partial charge in [0.1, 0.15) is 11.5 Å². The van der Waals surface area contributed by atoms with Crippen molar-refractivity contribution in [2.75, 3.05) is 6.61 Å². The molecule has 5 nitrogen and oxygen atoms in total. The summed E-state index contributed by atoms with van der Waals surface area (Å²) >= 11 is 0. The van der Waals surface area contributed by atoms with Crippen molar-refractivity contribution in [3.63, 3.8) is 0 Å². The van der Waals surface area contributed by atoms with Crippen LogP contribution in [-0.4, -0.2) is 28.6 Å². The van der Waals surface area contributed by atoms with Crippen LogP contribution in [0.1, 0.15) is 15.9 Å². The normalized spacial score (nSPS) is 10.0. The molecule has 0 aromatic heterocycles. The van der Waals surface area contributed by atoms with Crippen LogP contribution in [0, 0.1) is 0 Å². The fraction of sp³-hybridized carbons (Fsp3) is 0.0667. The first-order valence-electron chi connectivity index (χ1n) is 5.84. The van der Waals surface area contributed by atoms with E-state index in [1.54, 1.807) is 12.1 Å². The number of carbonyl (C=O) groups is 2. The van der Waals surface area contributed by atoms with E-state index in [0.29, 0.717) is 16.9 Å². The summed E-state index contributed by atoms with van der Waals surface area (Å²) in [6, 6.07) is 12.2. The van der Waals surface area contributed by atoms with E-state index in [1.807, 2.05) is 0 Å². The highest BCUT2D eigenvalue weighted by atomic mass is 16.5. The molecule has 0 spiro atoms. The summed E-state index contributed by atoms with van der Waals surface area (Å²) in [4.78, 5) is 22.5. The molecule has 5 heteroatoms. The van der Waals surface area contributed by atoms with Crippen LogP contribution in [0.4, 0.5) is 0 Å². The average Bonchev–Trinajstić information content (AvgIpc) is 2.46. The lowest BCUT2D eigenvalue weighted by Crippen LogP contribution is -2.09. The van der Waals surface area contributed by atoms with Gasteiger partial charge in [-0.05, 0) is 48.5 Å². The summed E-state index contributed by atoms with van der Waals surface area (Å²) in [7, 11) is 0. The fourth-order valence-electron chi connectivity index (χ4n) is 1.63. The lowest BCUT2D eigenvalue weighted by molar-refractivity contribution is -0.139. The lowest BCUT2D eigenvalue weighted by atomic mass is 10.0. The van der Waals surface area contributed by atoms with Crippen molar-refractivity contribution in [1.29, 1.82) is 0 Å². The minimum absolute atomic E-state index is 0.0963. The Hall–Kier alpha value is -2.82. The van der Waals surface area contributed by atoms with Gasteiger partial charge in [-0.2, -0.15) is 0 Å². The number of benzene rings is 2. The summed E-state index contributed by atoms with van der Waals surface area (Å²) < 4.78 is 4.98. The smallest absolute Gasteiger partial charge is 0.341 e. The van der Waals surface area contributed by atoms with Crippen LogP contribution in [0.3, 0.4) is 0 Å². The molecule has 2 aromatic rings. The van der Waals surface area contributed by atoms with Crippen LogP contribution in [0.5, 0.6) is 11.5 Å². The SMILES string of the molecule is O=C(O)COc1ccc(C(=O)c2ccc(O)cc2)cc1. The van der Waals surface area contributed by atoms with Crippen LogP contribution in [0.25, 0.3) is 0 Å². The summed E-state index contributed by atoms with van der Waals surface area (Å²) in [5.74, 6) is -0.766. The van der Waals surface area contributed by atoms with E-state index in [2.05, 4.69) is 0 Å². The molecule has 2 aromatic carbocycles. The molecule has 102 valence electrons. The number of hydrogen-bond donors (Lipinski definition) is 2. The van der Waals surface area contributed by atoms with Gasteiger partial charge in [0.05, 0.1) is 0 Å². The Balaban J connectivity index is 2.11. The number of phenols is 1. The Morgan fingerprint density at radius 3 is 1.90 bits per heavy atom. The van der Waals surface area contributed by atoms with Crippen LogP contribution in [-0.2, 0) is 4.79 Å². The Labute approximate surface area is 115 Å². The molecule has 0 aliphatic heterocycles. The maximum atomic E-state index is 12.1. The number of rotatable bonds is 5. The minimum atomic E-state index is -1.06. The van der Waals surface area contributed by atoms with Crippen molar-refractivity contribution >= 4 is 11.8 Å². The summed E-state index contributed by atoms with van der Waals surface area (Å²) in [6.07, 6.45) is 0. The van der Waals surface area contributed by atoms with E-state index in [9.17, 15) is 14.7 Å². The summed E-state index contributed by atoms with van der Waals surface area (Å²) in [5, 5.41) is 17.7. The molecule has 0 saturated heterocycles. The standard InChI is InChI=1S/C15H12O5/c16-12-5-1-10(2-6-12)15(19)11-3-7-13(8-4-11)20-9-14(17)18/h1-8,16H,9H2,(H,17,18). The topological polar surface area (TPSA) is 83.8 Å². The summed E-state index contributed by atoms with van der Waals surface area (Å²) in [6.45, 7) is -0.425. The van der Waals surface area contributed by atoms with E-state index >= 15 is 0 Å². The van der Waals surface area contributed by atoms with Crippen molar-refractivity contribution in [1.82, 2.24) is 0 Å².